The van der Waals surface area contributed by atoms with Crippen molar-refractivity contribution in [2.45, 2.75) is 24.8 Å². The lowest BCUT2D eigenvalue weighted by Gasteiger charge is -2.35. The van der Waals surface area contributed by atoms with Crippen molar-refractivity contribution < 1.29 is 19.2 Å². The van der Waals surface area contributed by atoms with E-state index in [9.17, 15) is 19.7 Å². The molecule has 2 atom stereocenters. The van der Waals surface area contributed by atoms with Gasteiger partial charge in [0, 0.05) is 35.4 Å². The molecule has 1 aliphatic heterocycles. The highest BCUT2D eigenvalue weighted by Crippen LogP contribution is 2.48. The Balaban J connectivity index is 1.55. The van der Waals surface area contributed by atoms with Gasteiger partial charge in [-0.25, -0.2) is 0 Å². The van der Waals surface area contributed by atoms with Crippen molar-refractivity contribution >= 4 is 28.8 Å². The van der Waals surface area contributed by atoms with Crippen LogP contribution in [-0.4, -0.2) is 23.7 Å². The van der Waals surface area contributed by atoms with E-state index in [0.29, 0.717) is 40.2 Å². The summed E-state index contributed by atoms with van der Waals surface area (Å²) in [7, 11) is 1.61. The standard InChI is InChI=1S/C33H27N3O5/c1-41-26-16-14-21(15-17-26)24-19-28-31(30(37)20-24)32(23-10-7-11-25(18-23)36(39)40)35(29-13-6-5-12-27(29)34-28)33(38)22-8-3-2-4-9-22/h2-18,24,32,34H,19-20H2,1H3. The minimum Gasteiger partial charge on any atom is -0.497 e. The number of benzene rings is 4. The van der Waals surface area contributed by atoms with Crippen LogP contribution < -0.4 is 15.0 Å². The normalized spacial score (nSPS) is 18.1. The fourth-order valence-corrected chi connectivity index (χ4v) is 5.77. The molecule has 8 heteroatoms. The number of hydrogen-bond acceptors (Lipinski definition) is 6. The number of para-hydroxylation sites is 2. The summed E-state index contributed by atoms with van der Waals surface area (Å²) in [4.78, 5) is 41.3. The van der Waals surface area contributed by atoms with E-state index in [1.165, 1.54) is 12.1 Å². The van der Waals surface area contributed by atoms with Gasteiger partial charge < -0.3 is 10.1 Å². The molecule has 1 N–H and O–H groups in total. The number of hydrogen-bond donors (Lipinski definition) is 1. The van der Waals surface area contributed by atoms with Crippen molar-refractivity contribution in [3.63, 3.8) is 0 Å². The lowest BCUT2D eigenvalue weighted by molar-refractivity contribution is -0.384. The number of amides is 1. The molecule has 8 nitrogen and oxygen atoms in total. The van der Waals surface area contributed by atoms with Crippen molar-refractivity contribution in [1.29, 1.82) is 0 Å². The van der Waals surface area contributed by atoms with Crippen LogP contribution in [0.15, 0.2) is 114 Å². The van der Waals surface area contributed by atoms with Crippen LogP contribution in [0.2, 0.25) is 0 Å². The maximum absolute atomic E-state index is 14.3. The van der Waals surface area contributed by atoms with E-state index in [1.807, 2.05) is 54.6 Å². The van der Waals surface area contributed by atoms with Gasteiger partial charge in [0.15, 0.2) is 5.78 Å². The zero-order valence-electron chi connectivity index (χ0n) is 22.3. The monoisotopic (exact) mass is 545 g/mol. The molecular formula is C33H27N3O5. The molecule has 204 valence electrons. The number of rotatable bonds is 5. The number of anilines is 2. The summed E-state index contributed by atoms with van der Waals surface area (Å²) in [5, 5.41) is 15.3. The Morgan fingerprint density at radius 2 is 1.63 bits per heavy atom. The number of carbonyl (C=O) groups is 2. The number of ether oxygens (including phenoxy) is 1. The molecule has 0 radical (unpaired) electrons. The highest BCUT2D eigenvalue weighted by atomic mass is 16.6. The summed E-state index contributed by atoms with van der Waals surface area (Å²) >= 11 is 0. The molecule has 0 aromatic heterocycles. The molecule has 4 aromatic carbocycles. The smallest absolute Gasteiger partial charge is 0.269 e. The maximum Gasteiger partial charge on any atom is 0.269 e. The highest BCUT2D eigenvalue weighted by Gasteiger charge is 2.42. The molecule has 2 aliphatic rings. The minimum absolute atomic E-state index is 0.0889. The predicted octanol–water partition coefficient (Wildman–Crippen LogP) is 6.82. The molecule has 41 heavy (non-hydrogen) atoms. The van der Waals surface area contributed by atoms with Gasteiger partial charge in [-0.1, -0.05) is 54.6 Å². The molecule has 1 heterocycles. The van der Waals surface area contributed by atoms with E-state index in [1.54, 1.807) is 48.4 Å². The molecule has 0 saturated heterocycles. The number of fused-ring (bicyclic) bond motifs is 1. The van der Waals surface area contributed by atoms with Crippen molar-refractivity contribution in [1.82, 2.24) is 0 Å². The van der Waals surface area contributed by atoms with Crippen LogP contribution in [0.4, 0.5) is 17.1 Å². The van der Waals surface area contributed by atoms with Crippen LogP contribution >= 0.6 is 0 Å². The number of allylic oxidation sites excluding steroid dienone is 1. The molecule has 0 bridgehead atoms. The van der Waals surface area contributed by atoms with Crippen molar-refractivity contribution in [2.75, 3.05) is 17.3 Å². The van der Waals surface area contributed by atoms with Gasteiger partial charge in [-0.05, 0) is 59.9 Å². The van der Waals surface area contributed by atoms with Crippen LogP contribution in [0.25, 0.3) is 0 Å². The summed E-state index contributed by atoms with van der Waals surface area (Å²) in [5.74, 6) is 0.219. The third kappa shape index (κ3) is 4.84. The predicted molar refractivity (Wildman–Crippen MR) is 156 cm³/mol. The fourth-order valence-electron chi connectivity index (χ4n) is 5.77. The minimum atomic E-state index is -0.877. The van der Waals surface area contributed by atoms with Gasteiger partial charge in [-0.3, -0.25) is 24.6 Å². The molecule has 2 unspecified atom stereocenters. The van der Waals surface area contributed by atoms with Crippen molar-refractivity contribution in [2.24, 2.45) is 0 Å². The lowest BCUT2D eigenvalue weighted by atomic mass is 9.78. The number of nitrogens with one attached hydrogen (secondary N) is 1. The Morgan fingerprint density at radius 1 is 0.902 bits per heavy atom. The van der Waals surface area contributed by atoms with Crippen molar-refractivity contribution in [3.05, 3.63) is 141 Å². The van der Waals surface area contributed by atoms with Gasteiger partial charge in [0.25, 0.3) is 11.6 Å². The molecule has 0 saturated carbocycles. The van der Waals surface area contributed by atoms with E-state index in [4.69, 9.17) is 4.74 Å². The average molecular weight is 546 g/mol. The highest BCUT2D eigenvalue weighted by molar-refractivity contribution is 6.12. The maximum atomic E-state index is 14.3. The molecule has 6 rings (SSSR count). The third-order valence-electron chi connectivity index (χ3n) is 7.71. The van der Waals surface area contributed by atoms with E-state index < -0.39 is 11.0 Å². The zero-order valence-corrected chi connectivity index (χ0v) is 22.3. The quantitative estimate of drug-likeness (QED) is 0.218. The van der Waals surface area contributed by atoms with Gasteiger partial charge in [0.2, 0.25) is 0 Å². The second kappa shape index (κ2) is 10.7. The molecule has 1 aliphatic carbocycles. The number of nitro groups is 1. The van der Waals surface area contributed by atoms with Crippen LogP contribution in [0.1, 0.15) is 46.3 Å². The Morgan fingerprint density at radius 3 is 2.37 bits per heavy atom. The number of nitro benzene ring substituents is 1. The Hall–Kier alpha value is -5.24. The largest absolute Gasteiger partial charge is 0.497 e. The molecule has 0 fully saturated rings. The summed E-state index contributed by atoms with van der Waals surface area (Å²) in [6, 6.07) is 29.3. The van der Waals surface area contributed by atoms with Gasteiger partial charge >= 0.3 is 0 Å². The Bertz CT molecular complexity index is 1680. The van der Waals surface area contributed by atoms with Gasteiger partial charge in [0.05, 0.1) is 29.4 Å². The Kier molecular flexibility index (Phi) is 6.81. The Labute approximate surface area is 237 Å². The van der Waals surface area contributed by atoms with Crippen LogP contribution in [-0.2, 0) is 4.79 Å². The molecule has 1 amide bonds. The second-order valence-corrected chi connectivity index (χ2v) is 10.1. The number of nitrogens with zero attached hydrogens (tertiary/aromatic N) is 2. The number of methoxy groups -OCH3 is 1. The van der Waals surface area contributed by atoms with E-state index in [0.717, 1.165) is 11.3 Å². The van der Waals surface area contributed by atoms with Crippen LogP contribution in [0.3, 0.4) is 0 Å². The average Bonchev–Trinajstić information content (AvgIpc) is 3.16. The van der Waals surface area contributed by atoms with Gasteiger partial charge in [0.1, 0.15) is 5.75 Å². The number of Topliss-reactive ketones (excluding diaryl/α,β-unsaturated/α-hetero) is 1. The fraction of sp³-hybridized carbons (Fsp3) is 0.152. The van der Waals surface area contributed by atoms with Crippen LogP contribution in [0.5, 0.6) is 5.75 Å². The second-order valence-electron chi connectivity index (χ2n) is 10.1. The van der Waals surface area contributed by atoms with E-state index >= 15 is 0 Å². The van der Waals surface area contributed by atoms with E-state index in [2.05, 4.69) is 5.32 Å². The van der Waals surface area contributed by atoms with Crippen LogP contribution in [0, 0.1) is 10.1 Å². The number of non-ortho nitro benzene ring substituents is 1. The van der Waals surface area contributed by atoms with Gasteiger partial charge in [-0.15, -0.1) is 0 Å². The summed E-state index contributed by atoms with van der Waals surface area (Å²) in [6.45, 7) is 0. The molecule has 4 aromatic rings. The third-order valence-corrected chi connectivity index (χ3v) is 7.71. The first-order valence-electron chi connectivity index (χ1n) is 13.3. The SMILES string of the molecule is COc1ccc(C2CC(=O)C3=C(C2)Nc2ccccc2N(C(=O)c2ccccc2)C3c2cccc([N+](=O)[O-])c2)cc1. The summed E-state index contributed by atoms with van der Waals surface area (Å²) in [5.41, 5.74) is 4.24. The first kappa shape index (κ1) is 26.0. The number of ketones is 1. The summed E-state index contributed by atoms with van der Waals surface area (Å²) in [6.07, 6.45) is 0.766. The van der Waals surface area contributed by atoms with Gasteiger partial charge in [-0.2, -0.15) is 0 Å². The summed E-state index contributed by atoms with van der Waals surface area (Å²) < 4.78 is 5.31. The zero-order chi connectivity index (χ0) is 28.5. The number of carbonyl (C=O) groups excluding carboxylic acids is 2. The topological polar surface area (TPSA) is 102 Å². The lowest BCUT2D eigenvalue weighted by Crippen LogP contribution is -2.38. The van der Waals surface area contributed by atoms with E-state index in [-0.39, 0.29) is 29.7 Å². The first-order chi connectivity index (χ1) is 19.9. The first-order valence-corrected chi connectivity index (χ1v) is 13.3. The van der Waals surface area contributed by atoms with Crippen molar-refractivity contribution in [3.8, 4) is 5.75 Å². The molecule has 0 spiro atoms. The molecular weight excluding hydrogens is 518 g/mol.